The van der Waals surface area contributed by atoms with E-state index in [9.17, 15) is 9.59 Å². The highest BCUT2D eigenvalue weighted by molar-refractivity contribution is 6.33. The number of rotatable bonds is 3. The number of benzene rings is 1. The third kappa shape index (κ3) is 3.74. The van der Waals surface area contributed by atoms with E-state index in [0.717, 1.165) is 5.69 Å². The number of halogens is 1. The highest BCUT2D eigenvalue weighted by Crippen LogP contribution is 2.30. The fourth-order valence-electron chi connectivity index (χ4n) is 2.22. The van der Waals surface area contributed by atoms with E-state index in [1.807, 2.05) is 6.07 Å². The summed E-state index contributed by atoms with van der Waals surface area (Å²) in [6, 6.07) is 5.15. The molecule has 6 nitrogen and oxygen atoms in total. The van der Waals surface area contributed by atoms with Gasteiger partial charge in [-0.1, -0.05) is 11.6 Å². The van der Waals surface area contributed by atoms with Gasteiger partial charge in [-0.15, -0.1) is 0 Å². The van der Waals surface area contributed by atoms with Gasteiger partial charge in [0.25, 0.3) is 0 Å². The van der Waals surface area contributed by atoms with Crippen LogP contribution in [0.25, 0.3) is 0 Å². The largest absolute Gasteiger partial charge is 0.450 e. The molecule has 0 unspecified atom stereocenters. The van der Waals surface area contributed by atoms with Crippen LogP contribution in [0.3, 0.4) is 0 Å². The molecule has 0 spiro atoms. The predicted octanol–water partition coefficient (Wildman–Crippen LogP) is 2.59. The molecule has 1 aliphatic heterocycles. The molecule has 0 aliphatic carbocycles. The van der Waals surface area contributed by atoms with Gasteiger partial charge in [0.1, 0.15) is 0 Å². The molecule has 0 atom stereocenters. The maximum absolute atomic E-state index is 11.6. The second-order valence-electron chi connectivity index (χ2n) is 4.51. The number of piperazine rings is 1. The van der Waals surface area contributed by atoms with Crippen molar-refractivity contribution in [3.8, 4) is 0 Å². The average molecular weight is 310 g/mol. The minimum absolute atomic E-state index is 0.279. The Hall–Kier alpha value is -2.04. The minimum atomic E-state index is -0.279. The normalized spacial score (nSPS) is 14.6. The minimum Gasteiger partial charge on any atom is -0.450 e. The molecule has 1 aromatic carbocycles. The number of nitrogens with zero attached hydrogens (tertiary/aromatic N) is 3. The van der Waals surface area contributed by atoms with Gasteiger partial charge in [-0.05, 0) is 25.1 Å². The van der Waals surface area contributed by atoms with Gasteiger partial charge in [-0.3, -0.25) is 0 Å². The standard InChI is InChI=1S/C14H16ClN3O3/c1-2-21-14(20)18-7-5-17(6-8-18)13-4-3-11(16-10-19)9-12(13)15/h3-4,9H,2,5-8H2,1H3. The van der Waals surface area contributed by atoms with Crippen LogP contribution in [0.15, 0.2) is 23.2 Å². The second-order valence-corrected chi connectivity index (χ2v) is 4.92. The predicted molar refractivity (Wildman–Crippen MR) is 80.0 cm³/mol. The summed E-state index contributed by atoms with van der Waals surface area (Å²) in [7, 11) is 0. The fraction of sp³-hybridized carbons (Fsp3) is 0.429. The number of ether oxygens (including phenoxy) is 1. The lowest BCUT2D eigenvalue weighted by Crippen LogP contribution is -2.49. The molecular weight excluding hydrogens is 294 g/mol. The molecule has 21 heavy (non-hydrogen) atoms. The molecule has 1 amide bonds. The molecule has 0 radical (unpaired) electrons. The third-order valence-electron chi connectivity index (χ3n) is 3.25. The maximum Gasteiger partial charge on any atom is 0.409 e. The molecule has 0 saturated carbocycles. The molecule has 1 fully saturated rings. The van der Waals surface area contributed by atoms with Crippen LogP contribution in [0, 0.1) is 0 Å². The van der Waals surface area contributed by atoms with Crippen LogP contribution in [-0.2, 0) is 9.53 Å². The number of amides is 1. The Balaban J connectivity index is 2.02. The van der Waals surface area contributed by atoms with Crippen LogP contribution >= 0.6 is 11.6 Å². The molecule has 1 heterocycles. The second kappa shape index (κ2) is 7.11. The van der Waals surface area contributed by atoms with Crippen molar-refractivity contribution in [3.63, 3.8) is 0 Å². The smallest absolute Gasteiger partial charge is 0.409 e. The third-order valence-corrected chi connectivity index (χ3v) is 3.56. The van der Waals surface area contributed by atoms with Gasteiger partial charge in [0.2, 0.25) is 6.08 Å². The average Bonchev–Trinajstić information content (AvgIpc) is 2.48. The summed E-state index contributed by atoms with van der Waals surface area (Å²) in [5, 5.41) is 0.524. The molecule has 0 aromatic heterocycles. The topological polar surface area (TPSA) is 62.2 Å². The SMILES string of the molecule is CCOC(=O)N1CCN(c2ccc(N=C=O)cc2Cl)CC1. The monoisotopic (exact) mass is 309 g/mol. The van der Waals surface area contributed by atoms with E-state index in [4.69, 9.17) is 16.3 Å². The highest BCUT2D eigenvalue weighted by Gasteiger charge is 2.23. The molecule has 1 aromatic rings. The zero-order chi connectivity index (χ0) is 15.2. The first-order chi connectivity index (χ1) is 10.2. The Bertz CT molecular complexity index is 565. The van der Waals surface area contributed by atoms with E-state index in [1.54, 1.807) is 24.0 Å². The summed E-state index contributed by atoms with van der Waals surface area (Å²) < 4.78 is 4.98. The zero-order valence-electron chi connectivity index (χ0n) is 11.7. The first-order valence-corrected chi connectivity index (χ1v) is 7.07. The Morgan fingerprint density at radius 3 is 2.67 bits per heavy atom. The Kier molecular flexibility index (Phi) is 5.20. The van der Waals surface area contributed by atoms with Crippen molar-refractivity contribution in [1.29, 1.82) is 0 Å². The fourth-order valence-corrected chi connectivity index (χ4v) is 2.51. The van der Waals surface area contributed by atoms with Gasteiger partial charge in [-0.25, -0.2) is 9.59 Å². The van der Waals surface area contributed by atoms with Gasteiger partial charge < -0.3 is 14.5 Å². The van der Waals surface area contributed by atoms with Crippen molar-refractivity contribution < 1.29 is 14.3 Å². The Morgan fingerprint density at radius 1 is 1.38 bits per heavy atom. The van der Waals surface area contributed by atoms with E-state index in [2.05, 4.69) is 9.89 Å². The van der Waals surface area contributed by atoms with E-state index in [1.165, 1.54) is 6.08 Å². The molecular formula is C14H16ClN3O3. The lowest BCUT2D eigenvalue weighted by Gasteiger charge is -2.35. The van der Waals surface area contributed by atoms with Crippen molar-refractivity contribution >= 4 is 35.1 Å². The number of hydrogen-bond acceptors (Lipinski definition) is 5. The molecule has 1 aliphatic rings. The molecule has 7 heteroatoms. The number of anilines is 1. The number of aliphatic imine (C=N–C) groups is 1. The van der Waals surface area contributed by atoms with Crippen LogP contribution in [0.2, 0.25) is 5.02 Å². The zero-order valence-corrected chi connectivity index (χ0v) is 12.5. The van der Waals surface area contributed by atoms with Crippen LogP contribution in [-0.4, -0.2) is 49.9 Å². The van der Waals surface area contributed by atoms with Crippen LogP contribution in [0.4, 0.5) is 16.2 Å². The van der Waals surface area contributed by atoms with Gasteiger partial charge in [0, 0.05) is 26.2 Å². The van der Waals surface area contributed by atoms with Gasteiger partial charge in [-0.2, -0.15) is 4.99 Å². The van der Waals surface area contributed by atoms with E-state index in [0.29, 0.717) is 43.5 Å². The quantitative estimate of drug-likeness (QED) is 0.636. The summed E-state index contributed by atoms with van der Waals surface area (Å²) in [6.45, 7) is 4.69. The lowest BCUT2D eigenvalue weighted by molar-refractivity contribution is 0.105. The Labute approximate surface area is 127 Å². The van der Waals surface area contributed by atoms with E-state index >= 15 is 0 Å². The van der Waals surface area contributed by atoms with Crippen molar-refractivity contribution in [2.75, 3.05) is 37.7 Å². The van der Waals surface area contributed by atoms with E-state index < -0.39 is 0 Å². The summed E-state index contributed by atoms with van der Waals surface area (Å²) >= 11 is 6.21. The summed E-state index contributed by atoms with van der Waals surface area (Å²) in [5.41, 5.74) is 1.34. The van der Waals surface area contributed by atoms with Gasteiger partial charge in [0.15, 0.2) is 0 Å². The summed E-state index contributed by atoms with van der Waals surface area (Å²) in [5.74, 6) is 0. The van der Waals surface area contributed by atoms with Crippen LogP contribution in [0.1, 0.15) is 6.92 Å². The molecule has 112 valence electrons. The number of isocyanates is 1. The van der Waals surface area contributed by atoms with Gasteiger partial charge >= 0.3 is 6.09 Å². The highest BCUT2D eigenvalue weighted by atomic mass is 35.5. The lowest BCUT2D eigenvalue weighted by atomic mass is 10.2. The molecule has 2 rings (SSSR count). The van der Waals surface area contributed by atoms with E-state index in [-0.39, 0.29) is 6.09 Å². The molecule has 0 N–H and O–H groups in total. The first-order valence-electron chi connectivity index (χ1n) is 6.69. The molecule has 1 saturated heterocycles. The number of carbonyl (C=O) groups is 1. The number of carbonyl (C=O) groups excluding carboxylic acids is 2. The van der Waals surface area contributed by atoms with Crippen molar-refractivity contribution in [2.24, 2.45) is 4.99 Å². The van der Waals surface area contributed by atoms with Crippen molar-refractivity contribution in [2.45, 2.75) is 6.92 Å². The van der Waals surface area contributed by atoms with Crippen molar-refractivity contribution in [1.82, 2.24) is 4.90 Å². The maximum atomic E-state index is 11.6. The first kappa shape index (κ1) is 15.4. The number of hydrogen-bond donors (Lipinski definition) is 0. The summed E-state index contributed by atoms with van der Waals surface area (Å²) in [6.07, 6.45) is 1.21. The molecule has 0 bridgehead atoms. The summed E-state index contributed by atoms with van der Waals surface area (Å²) in [4.78, 5) is 29.2. The van der Waals surface area contributed by atoms with Crippen LogP contribution in [0.5, 0.6) is 0 Å². The Morgan fingerprint density at radius 2 is 2.10 bits per heavy atom. The van der Waals surface area contributed by atoms with Gasteiger partial charge in [0.05, 0.1) is 23.0 Å². The van der Waals surface area contributed by atoms with Crippen LogP contribution < -0.4 is 4.90 Å². The van der Waals surface area contributed by atoms with Crippen molar-refractivity contribution in [3.05, 3.63) is 23.2 Å².